The van der Waals surface area contributed by atoms with Gasteiger partial charge in [0.25, 0.3) is 5.91 Å². The minimum absolute atomic E-state index is 0.222. The number of nitrogens with one attached hydrogen (secondary N) is 1. The summed E-state index contributed by atoms with van der Waals surface area (Å²) in [6.45, 7) is 2.06. The van der Waals surface area contributed by atoms with Crippen molar-refractivity contribution < 1.29 is 19.4 Å². The molecule has 0 saturated heterocycles. The van der Waals surface area contributed by atoms with Crippen molar-refractivity contribution in [2.75, 3.05) is 16.8 Å². The lowest BCUT2D eigenvalue weighted by Gasteiger charge is -2.33. The predicted octanol–water partition coefficient (Wildman–Crippen LogP) is 4.99. The summed E-state index contributed by atoms with van der Waals surface area (Å²) in [6, 6.07) is 18.2. The van der Waals surface area contributed by atoms with E-state index in [1.54, 1.807) is 31.2 Å². The van der Waals surface area contributed by atoms with Crippen molar-refractivity contribution in [1.29, 1.82) is 0 Å². The zero-order valence-electron chi connectivity index (χ0n) is 18.9. The number of hydrogen-bond donors (Lipinski definition) is 2. The van der Waals surface area contributed by atoms with Gasteiger partial charge in [-0.15, -0.1) is 11.3 Å². The van der Waals surface area contributed by atoms with E-state index in [1.165, 1.54) is 22.3 Å². The number of thiophene rings is 1. The Morgan fingerprint density at radius 1 is 1.09 bits per heavy atom. The second kappa shape index (κ2) is 9.08. The molecule has 0 fully saturated rings. The van der Waals surface area contributed by atoms with E-state index < -0.39 is 5.72 Å². The molecule has 2 aromatic carbocycles. The zero-order valence-corrected chi connectivity index (χ0v) is 19.7. The quantitative estimate of drug-likeness (QED) is 0.492. The van der Waals surface area contributed by atoms with Gasteiger partial charge in [-0.2, -0.15) is 0 Å². The first-order valence-corrected chi connectivity index (χ1v) is 12.3. The van der Waals surface area contributed by atoms with Gasteiger partial charge in [-0.1, -0.05) is 48.5 Å². The SMILES string of the molecule is CCOC(=O)c1c(NC2=CC(O)(c3ccccc3)N(c3ccccc3)C2=O)sc2c1CCCC2. The number of amides is 1. The Bertz CT molecular complexity index is 1250. The third-order valence-electron chi connectivity index (χ3n) is 6.23. The molecule has 1 amide bonds. The molecule has 34 heavy (non-hydrogen) atoms. The molecule has 3 aromatic rings. The zero-order chi connectivity index (χ0) is 23.7. The second-order valence-electron chi connectivity index (χ2n) is 8.39. The van der Waals surface area contributed by atoms with Gasteiger partial charge in [0.1, 0.15) is 10.7 Å². The smallest absolute Gasteiger partial charge is 0.341 e. The maximum Gasteiger partial charge on any atom is 0.341 e. The van der Waals surface area contributed by atoms with Gasteiger partial charge in [-0.3, -0.25) is 9.69 Å². The molecule has 2 N–H and O–H groups in total. The highest BCUT2D eigenvalue weighted by molar-refractivity contribution is 7.16. The molecule has 0 spiro atoms. The van der Waals surface area contributed by atoms with Gasteiger partial charge in [-0.25, -0.2) is 4.79 Å². The van der Waals surface area contributed by atoms with E-state index in [2.05, 4.69) is 5.32 Å². The number of ether oxygens (including phenoxy) is 1. The van der Waals surface area contributed by atoms with Crippen molar-refractivity contribution in [3.05, 3.63) is 94.0 Å². The highest BCUT2D eigenvalue weighted by Crippen LogP contribution is 2.43. The van der Waals surface area contributed by atoms with Crippen LogP contribution in [-0.2, 0) is 28.1 Å². The highest BCUT2D eigenvalue weighted by atomic mass is 32.1. The second-order valence-corrected chi connectivity index (χ2v) is 9.49. The van der Waals surface area contributed by atoms with Gasteiger partial charge in [0.2, 0.25) is 0 Å². The molecule has 174 valence electrons. The molecule has 0 saturated carbocycles. The number of hydrogen-bond acceptors (Lipinski definition) is 6. The van der Waals surface area contributed by atoms with Gasteiger partial charge < -0.3 is 15.2 Å². The number of rotatable bonds is 6. The van der Waals surface area contributed by atoms with Crippen LogP contribution in [0.2, 0.25) is 0 Å². The molecule has 0 bridgehead atoms. The van der Waals surface area contributed by atoms with Crippen LogP contribution in [0.25, 0.3) is 0 Å². The van der Waals surface area contributed by atoms with Crippen molar-refractivity contribution in [3.8, 4) is 0 Å². The maximum atomic E-state index is 13.7. The lowest BCUT2D eigenvalue weighted by Crippen LogP contribution is -2.44. The number of para-hydroxylation sites is 1. The van der Waals surface area contributed by atoms with Crippen molar-refractivity contribution in [3.63, 3.8) is 0 Å². The number of esters is 1. The average Bonchev–Trinajstić information content (AvgIpc) is 3.35. The summed E-state index contributed by atoms with van der Waals surface area (Å²) in [7, 11) is 0. The number of anilines is 2. The van der Waals surface area contributed by atoms with Crippen LogP contribution in [0.1, 0.15) is 46.1 Å². The van der Waals surface area contributed by atoms with Crippen molar-refractivity contribution >= 4 is 33.9 Å². The molecular weight excluding hydrogens is 448 g/mol. The summed E-state index contributed by atoms with van der Waals surface area (Å²) in [5.74, 6) is -0.757. The third-order valence-corrected chi connectivity index (χ3v) is 7.44. The fourth-order valence-corrected chi connectivity index (χ4v) is 5.96. The van der Waals surface area contributed by atoms with Crippen molar-refractivity contribution in [1.82, 2.24) is 0 Å². The average molecular weight is 475 g/mol. The molecule has 1 aliphatic carbocycles. The largest absolute Gasteiger partial charge is 0.462 e. The summed E-state index contributed by atoms with van der Waals surface area (Å²) >= 11 is 1.49. The van der Waals surface area contributed by atoms with Crippen LogP contribution >= 0.6 is 11.3 Å². The van der Waals surface area contributed by atoms with Gasteiger partial charge in [0.05, 0.1) is 12.2 Å². The monoisotopic (exact) mass is 474 g/mol. The van der Waals surface area contributed by atoms with Crippen molar-refractivity contribution in [2.45, 2.75) is 38.3 Å². The molecule has 1 atom stereocenters. The number of fused-ring (bicyclic) bond motifs is 1. The van der Waals surface area contributed by atoms with E-state index in [9.17, 15) is 14.7 Å². The molecule has 5 rings (SSSR count). The molecule has 0 radical (unpaired) electrons. The fourth-order valence-electron chi connectivity index (χ4n) is 4.67. The fraction of sp³-hybridized carbons (Fsp3) is 0.259. The summed E-state index contributed by atoms with van der Waals surface area (Å²) in [6.07, 6.45) is 5.36. The Morgan fingerprint density at radius 3 is 2.47 bits per heavy atom. The van der Waals surface area contributed by atoms with E-state index in [0.717, 1.165) is 36.1 Å². The molecule has 6 nitrogen and oxygen atoms in total. The van der Waals surface area contributed by atoms with Gasteiger partial charge in [0.15, 0.2) is 5.72 Å². The summed E-state index contributed by atoms with van der Waals surface area (Å²) in [4.78, 5) is 29.1. The van der Waals surface area contributed by atoms with Crippen LogP contribution in [0.4, 0.5) is 10.7 Å². The van der Waals surface area contributed by atoms with E-state index >= 15 is 0 Å². The molecule has 1 aliphatic heterocycles. The predicted molar refractivity (Wildman–Crippen MR) is 133 cm³/mol. The molecular formula is C27H26N2O4S. The standard InChI is InChI=1S/C27H26N2O4S/c1-2-33-26(31)23-20-15-9-10-16-22(20)34-24(23)28-21-17-27(32,18-11-5-3-6-12-18)29(25(21)30)19-13-7-4-8-14-19/h3-8,11-14,17,28,32H,2,9-10,15-16H2,1H3. The van der Waals surface area contributed by atoms with E-state index in [0.29, 0.717) is 21.8 Å². The van der Waals surface area contributed by atoms with Crippen LogP contribution in [0.3, 0.4) is 0 Å². The molecule has 1 unspecified atom stereocenters. The minimum Gasteiger partial charge on any atom is -0.462 e. The van der Waals surface area contributed by atoms with Gasteiger partial charge in [0, 0.05) is 22.2 Å². The van der Waals surface area contributed by atoms with E-state index in [-0.39, 0.29) is 24.2 Å². The van der Waals surface area contributed by atoms with Gasteiger partial charge >= 0.3 is 5.97 Å². The summed E-state index contributed by atoms with van der Waals surface area (Å²) in [5.41, 5.74) is 1.21. The molecule has 1 aromatic heterocycles. The normalized spacial score (nSPS) is 19.5. The Labute approximate surface area is 202 Å². The molecule has 2 heterocycles. The lowest BCUT2D eigenvalue weighted by atomic mass is 9.95. The number of carbonyl (C=O) groups is 2. The first kappa shape index (κ1) is 22.4. The molecule has 7 heteroatoms. The Balaban J connectivity index is 1.58. The number of carbonyl (C=O) groups excluding carboxylic acids is 2. The number of aliphatic hydroxyl groups is 1. The van der Waals surface area contributed by atoms with E-state index in [4.69, 9.17) is 4.74 Å². The Hall–Kier alpha value is -3.42. The minimum atomic E-state index is -1.68. The first-order chi connectivity index (χ1) is 16.5. The first-order valence-electron chi connectivity index (χ1n) is 11.5. The number of nitrogens with zero attached hydrogens (tertiary/aromatic N) is 1. The molecule has 2 aliphatic rings. The van der Waals surface area contributed by atoms with Gasteiger partial charge in [-0.05, 0) is 50.3 Å². The highest BCUT2D eigenvalue weighted by Gasteiger charge is 2.46. The number of aryl methyl sites for hydroxylation is 1. The van der Waals surface area contributed by atoms with Crippen molar-refractivity contribution in [2.24, 2.45) is 0 Å². The lowest BCUT2D eigenvalue weighted by molar-refractivity contribution is -0.116. The van der Waals surface area contributed by atoms with Crippen LogP contribution in [-0.4, -0.2) is 23.6 Å². The number of benzene rings is 2. The Morgan fingerprint density at radius 2 is 1.76 bits per heavy atom. The van der Waals surface area contributed by atoms with Crippen LogP contribution < -0.4 is 10.2 Å². The maximum absolute atomic E-state index is 13.7. The van der Waals surface area contributed by atoms with E-state index in [1.807, 2.05) is 36.4 Å². The summed E-state index contributed by atoms with van der Waals surface area (Å²) < 4.78 is 5.35. The Kier molecular flexibility index (Phi) is 5.98. The van der Waals surface area contributed by atoms with Crippen LogP contribution in [0, 0.1) is 0 Å². The third kappa shape index (κ3) is 3.81. The summed E-state index contributed by atoms with van der Waals surface area (Å²) in [5, 5.41) is 15.6. The topological polar surface area (TPSA) is 78.9 Å². The van der Waals surface area contributed by atoms with Crippen LogP contribution in [0.5, 0.6) is 0 Å². The van der Waals surface area contributed by atoms with Crippen LogP contribution in [0.15, 0.2) is 72.4 Å².